The van der Waals surface area contributed by atoms with E-state index in [0.29, 0.717) is 0 Å². The van der Waals surface area contributed by atoms with E-state index < -0.39 is 0 Å². The van der Waals surface area contributed by atoms with E-state index >= 15 is 0 Å². The van der Waals surface area contributed by atoms with Gasteiger partial charge in [0.15, 0.2) is 0 Å². The number of hydrogen-bond acceptors (Lipinski definition) is 2. The van der Waals surface area contributed by atoms with Gasteiger partial charge in [0.05, 0.1) is 0 Å². The molecule has 0 atom stereocenters. The highest BCUT2D eigenvalue weighted by atomic mass is 15.2. The second-order valence-corrected chi connectivity index (χ2v) is 16.5. The Bertz CT molecular complexity index is 2930. The molecule has 9 aromatic rings. The van der Waals surface area contributed by atoms with Crippen LogP contribution >= 0.6 is 0 Å². The Morgan fingerprint density at radius 1 is 0.368 bits per heavy atom. The van der Waals surface area contributed by atoms with Gasteiger partial charge in [-0.05, 0) is 120 Å². The molecule has 0 unspecified atom stereocenters. The van der Waals surface area contributed by atoms with E-state index in [0.717, 1.165) is 11.4 Å². The molecule has 3 heteroatoms. The van der Waals surface area contributed by atoms with Gasteiger partial charge in [0, 0.05) is 34.1 Å². The summed E-state index contributed by atoms with van der Waals surface area (Å²) in [5, 5.41) is 5.01. The molecule has 0 fully saturated rings. The maximum absolute atomic E-state index is 2.53. The van der Waals surface area contributed by atoms with Gasteiger partial charge in [-0.15, -0.1) is 0 Å². The van der Waals surface area contributed by atoms with Crippen LogP contribution in [0.2, 0.25) is 0 Å². The molecule has 2 heterocycles. The quantitative estimate of drug-likeness (QED) is 0.132. The van der Waals surface area contributed by atoms with E-state index in [1.165, 1.54) is 88.5 Å². The lowest BCUT2D eigenvalue weighted by Gasteiger charge is -2.45. The van der Waals surface area contributed by atoms with Crippen molar-refractivity contribution in [1.82, 2.24) is 0 Å². The Morgan fingerprint density at radius 2 is 0.807 bits per heavy atom. The first-order chi connectivity index (χ1) is 28.0. The predicted molar refractivity (Wildman–Crippen MR) is 245 cm³/mol. The van der Waals surface area contributed by atoms with Crippen molar-refractivity contribution >= 4 is 78.8 Å². The SMILES string of the molecule is CC(C)(C)c1ccc2c(c1)B1c3ccccc3N(c3ccccc3)c3cc(-c4c5ccccc5c(-c5ccccc5)c5ccccc45)cc(c31)N2c1ccccc1. The maximum Gasteiger partial charge on any atom is 0.252 e. The fraction of sp³-hybridized carbons (Fsp3) is 0.0741. The molecule has 0 radical (unpaired) electrons. The third-order valence-electron chi connectivity index (χ3n) is 12.2. The van der Waals surface area contributed by atoms with Crippen molar-refractivity contribution in [3.8, 4) is 22.3 Å². The topological polar surface area (TPSA) is 6.48 Å². The number of nitrogens with zero attached hydrogens (tertiary/aromatic N) is 2. The average Bonchev–Trinajstić information content (AvgIpc) is 3.25. The maximum atomic E-state index is 2.53. The predicted octanol–water partition coefficient (Wildman–Crippen LogP) is 12.7. The van der Waals surface area contributed by atoms with Crippen LogP contribution in [0.4, 0.5) is 34.1 Å². The van der Waals surface area contributed by atoms with Crippen LogP contribution in [0.5, 0.6) is 0 Å². The van der Waals surface area contributed by atoms with Gasteiger partial charge in [0.25, 0.3) is 6.71 Å². The summed E-state index contributed by atoms with van der Waals surface area (Å²) >= 11 is 0. The lowest BCUT2D eigenvalue weighted by Crippen LogP contribution is -2.61. The molecule has 2 aliphatic heterocycles. The molecule has 0 bridgehead atoms. The first-order valence-electron chi connectivity index (χ1n) is 20.1. The number of para-hydroxylation sites is 3. The minimum absolute atomic E-state index is 0.00213. The zero-order valence-corrected chi connectivity index (χ0v) is 32.4. The number of rotatable bonds is 4. The lowest BCUT2D eigenvalue weighted by molar-refractivity contribution is 0.591. The highest BCUT2D eigenvalue weighted by Crippen LogP contribution is 2.49. The summed E-state index contributed by atoms with van der Waals surface area (Å²) in [6.45, 7) is 7.01. The van der Waals surface area contributed by atoms with Gasteiger partial charge in [-0.3, -0.25) is 0 Å². The molecule has 11 rings (SSSR count). The van der Waals surface area contributed by atoms with Gasteiger partial charge in [0.1, 0.15) is 0 Å². The molecule has 2 nitrogen and oxygen atoms in total. The summed E-state index contributed by atoms with van der Waals surface area (Å²) < 4.78 is 0. The van der Waals surface area contributed by atoms with Crippen LogP contribution < -0.4 is 26.2 Å². The van der Waals surface area contributed by atoms with Crippen molar-refractivity contribution < 1.29 is 0 Å². The van der Waals surface area contributed by atoms with Crippen molar-refractivity contribution in [1.29, 1.82) is 0 Å². The van der Waals surface area contributed by atoms with E-state index in [9.17, 15) is 0 Å². The summed E-state index contributed by atoms with van der Waals surface area (Å²) in [7, 11) is 0. The van der Waals surface area contributed by atoms with Gasteiger partial charge in [0.2, 0.25) is 0 Å². The summed E-state index contributed by atoms with van der Waals surface area (Å²) in [6, 6.07) is 72.0. The van der Waals surface area contributed by atoms with Crippen LogP contribution in [0.25, 0.3) is 43.8 Å². The van der Waals surface area contributed by atoms with Crippen LogP contribution in [0.3, 0.4) is 0 Å². The van der Waals surface area contributed by atoms with E-state index in [1.807, 2.05) is 0 Å². The van der Waals surface area contributed by atoms with Crippen molar-refractivity contribution in [2.24, 2.45) is 0 Å². The van der Waals surface area contributed by atoms with E-state index in [-0.39, 0.29) is 12.1 Å². The normalized spacial score (nSPS) is 13.1. The van der Waals surface area contributed by atoms with Crippen molar-refractivity contribution in [2.45, 2.75) is 26.2 Å². The molecule has 0 aromatic heterocycles. The molecule has 0 spiro atoms. The van der Waals surface area contributed by atoms with Gasteiger partial charge in [-0.2, -0.15) is 0 Å². The smallest absolute Gasteiger partial charge is 0.252 e. The Labute approximate surface area is 335 Å². The van der Waals surface area contributed by atoms with Crippen LogP contribution in [0.15, 0.2) is 194 Å². The van der Waals surface area contributed by atoms with Crippen molar-refractivity contribution in [2.75, 3.05) is 9.80 Å². The Balaban J connectivity index is 1.30. The minimum atomic E-state index is -0.00213. The van der Waals surface area contributed by atoms with Crippen LogP contribution in [0, 0.1) is 0 Å². The Kier molecular flexibility index (Phi) is 7.56. The standard InChI is InChI=1S/C54H41BN2/c1-54(2,3)38-31-32-48-46(35-38)55-45-29-17-18-30-47(45)56(39-21-9-5-10-22-39)49-33-37(34-50(53(49)55)57(48)40-23-11-6-12-24-40)52-43-27-15-13-25-41(43)51(36-19-7-4-8-20-36)42-26-14-16-28-44(42)52/h4-35H,1-3H3. The van der Waals surface area contributed by atoms with E-state index in [2.05, 4.69) is 225 Å². The molecule has 0 N–H and O–H groups in total. The number of hydrogen-bond donors (Lipinski definition) is 0. The van der Waals surface area contributed by atoms with Gasteiger partial charge < -0.3 is 9.80 Å². The molecular weight excluding hydrogens is 687 g/mol. The Hall–Kier alpha value is -6.84. The van der Waals surface area contributed by atoms with Crippen molar-refractivity contribution in [3.05, 3.63) is 200 Å². The van der Waals surface area contributed by atoms with Gasteiger partial charge >= 0.3 is 0 Å². The fourth-order valence-corrected chi connectivity index (χ4v) is 9.63. The molecule has 57 heavy (non-hydrogen) atoms. The average molecular weight is 729 g/mol. The second kappa shape index (κ2) is 12.9. The number of anilines is 6. The van der Waals surface area contributed by atoms with Crippen LogP contribution in [-0.4, -0.2) is 6.71 Å². The lowest BCUT2D eigenvalue weighted by atomic mass is 9.33. The molecule has 0 saturated heterocycles. The molecule has 0 saturated carbocycles. The molecule has 270 valence electrons. The summed E-state index contributed by atoms with van der Waals surface area (Å²) in [5.41, 5.74) is 17.5. The first kappa shape index (κ1) is 33.5. The summed E-state index contributed by atoms with van der Waals surface area (Å²) in [4.78, 5) is 5.04. The third-order valence-corrected chi connectivity index (χ3v) is 12.2. The largest absolute Gasteiger partial charge is 0.311 e. The van der Waals surface area contributed by atoms with Crippen LogP contribution in [0.1, 0.15) is 26.3 Å². The highest BCUT2D eigenvalue weighted by molar-refractivity contribution is 7.00. The minimum Gasteiger partial charge on any atom is -0.311 e. The number of benzene rings is 9. The summed E-state index contributed by atoms with van der Waals surface area (Å²) in [5.74, 6) is 0. The molecule has 0 amide bonds. The Morgan fingerprint density at radius 3 is 1.33 bits per heavy atom. The van der Waals surface area contributed by atoms with E-state index in [1.54, 1.807) is 0 Å². The summed E-state index contributed by atoms with van der Waals surface area (Å²) in [6.07, 6.45) is 0. The first-order valence-corrected chi connectivity index (χ1v) is 20.1. The molecular formula is C54H41BN2. The zero-order chi connectivity index (χ0) is 38.3. The third kappa shape index (κ3) is 5.19. The van der Waals surface area contributed by atoms with Gasteiger partial charge in [-0.1, -0.05) is 166 Å². The monoisotopic (exact) mass is 728 g/mol. The van der Waals surface area contributed by atoms with E-state index in [4.69, 9.17) is 0 Å². The molecule has 2 aliphatic rings. The molecule has 9 aromatic carbocycles. The van der Waals surface area contributed by atoms with Crippen molar-refractivity contribution in [3.63, 3.8) is 0 Å². The number of fused-ring (bicyclic) bond motifs is 6. The second-order valence-electron chi connectivity index (χ2n) is 16.5. The highest BCUT2D eigenvalue weighted by Gasteiger charge is 2.44. The zero-order valence-electron chi connectivity index (χ0n) is 32.4. The molecule has 0 aliphatic carbocycles. The van der Waals surface area contributed by atoms with Gasteiger partial charge in [-0.25, -0.2) is 0 Å². The van der Waals surface area contributed by atoms with Crippen LogP contribution in [-0.2, 0) is 5.41 Å². The fourth-order valence-electron chi connectivity index (χ4n) is 9.63.